The van der Waals surface area contributed by atoms with Gasteiger partial charge in [0, 0.05) is 5.69 Å². The van der Waals surface area contributed by atoms with E-state index < -0.39 is 5.76 Å². The van der Waals surface area contributed by atoms with E-state index in [1.54, 1.807) is 24.3 Å². The van der Waals surface area contributed by atoms with Gasteiger partial charge in [-0.2, -0.15) is 0 Å². The second-order valence-corrected chi connectivity index (χ2v) is 6.57. The number of rotatable bonds is 4. The molecule has 1 amide bonds. The van der Waals surface area contributed by atoms with Crippen LogP contribution >= 0.6 is 0 Å². The van der Waals surface area contributed by atoms with Crippen LogP contribution in [0.3, 0.4) is 0 Å². The molecule has 142 valence electrons. The summed E-state index contributed by atoms with van der Waals surface area (Å²) in [6, 6.07) is 24.3. The maximum absolute atomic E-state index is 12.8. The van der Waals surface area contributed by atoms with Gasteiger partial charge in [0.1, 0.15) is 6.54 Å². The standard InChI is InChI=1S/C22H16N4O3/c27-20(14-25-18-12-6-7-13-19(18)29-22(25)28)24-21-23-16-10-4-5-11-17(16)26(21)15-8-2-1-3-9-15/h1-13H,14H2,(H,23,24,27). The third kappa shape index (κ3) is 2.98. The number of aromatic nitrogens is 3. The zero-order valence-electron chi connectivity index (χ0n) is 15.3. The van der Waals surface area contributed by atoms with Gasteiger partial charge in [-0.1, -0.05) is 42.5 Å². The minimum atomic E-state index is -0.571. The van der Waals surface area contributed by atoms with Gasteiger partial charge in [-0.05, 0) is 36.4 Å². The minimum Gasteiger partial charge on any atom is -0.408 e. The molecular weight excluding hydrogens is 368 g/mol. The molecule has 1 N–H and O–H groups in total. The summed E-state index contributed by atoms with van der Waals surface area (Å²) in [6.45, 7) is -0.173. The van der Waals surface area contributed by atoms with Gasteiger partial charge >= 0.3 is 5.76 Å². The lowest BCUT2D eigenvalue weighted by molar-refractivity contribution is -0.116. The highest BCUT2D eigenvalue weighted by Crippen LogP contribution is 2.24. The largest absolute Gasteiger partial charge is 0.420 e. The van der Waals surface area contributed by atoms with Gasteiger partial charge in [-0.3, -0.25) is 19.2 Å². The van der Waals surface area contributed by atoms with Crippen LogP contribution in [0.1, 0.15) is 0 Å². The molecule has 0 aliphatic carbocycles. The number of benzene rings is 3. The van der Waals surface area contributed by atoms with E-state index in [1.807, 2.05) is 59.2 Å². The molecule has 0 radical (unpaired) electrons. The lowest BCUT2D eigenvalue weighted by atomic mass is 10.3. The van der Waals surface area contributed by atoms with Gasteiger partial charge in [-0.15, -0.1) is 0 Å². The van der Waals surface area contributed by atoms with Crippen LogP contribution < -0.4 is 11.1 Å². The predicted octanol–water partition coefficient (Wildman–Crippen LogP) is 3.57. The molecule has 7 heteroatoms. The number of imidazole rings is 1. The van der Waals surface area contributed by atoms with E-state index in [1.165, 1.54) is 4.57 Å². The fourth-order valence-electron chi connectivity index (χ4n) is 3.42. The first kappa shape index (κ1) is 17.0. The summed E-state index contributed by atoms with van der Waals surface area (Å²) in [4.78, 5) is 29.5. The fourth-order valence-corrected chi connectivity index (χ4v) is 3.42. The van der Waals surface area contributed by atoms with Gasteiger partial charge in [0.2, 0.25) is 11.9 Å². The Morgan fingerprint density at radius 2 is 1.59 bits per heavy atom. The van der Waals surface area contributed by atoms with Crippen molar-refractivity contribution in [2.45, 2.75) is 6.54 Å². The molecule has 0 aliphatic rings. The minimum absolute atomic E-state index is 0.173. The molecule has 5 rings (SSSR count). The molecule has 0 saturated heterocycles. The van der Waals surface area contributed by atoms with Gasteiger partial charge in [0.05, 0.1) is 16.6 Å². The van der Waals surface area contributed by atoms with Crippen molar-refractivity contribution in [3.05, 3.63) is 89.4 Å². The van der Waals surface area contributed by atoms with E-state index in [0.29, 0.717) is 17.0 Å². The zero-order chi connectivity index (χ0) is 19.8. The molecule has 0 atom stereocenters. The van der Waals surface area contributed by atoms with Crippen molar-refractivity contribution in [1.82, 2.24) is 14.1 Å². The van der Waals surface area contributed by atoms with Gasteiger partial charge < -0.3 is 4.42 Å². The summed E-state index contributed by atoms with van der Waals surface area (Å²) in [6.07, 6.45) is 0. The van der Waals surface area contributed by atoms with Crippen molar-refractivity contribution in [2.75, 3.05) is 5.32 Å². The number of hydrogen-bond acceptors (Lipinski definition) is 4. The molecular formula is C22H16N4O3. The van der Waals surface area contributed by atoms with Crippen LogP contribution in [0.2, 0.25) is 0 Å². The molecule has 0 fully saturated rings. The Morgan fingerprint density at radius 1 is 0.897 bits per heavy atom. The van der Waals surface area contributed by atoms with Crippen molar-refractivity contribution in [1.29, 1.82) is 0 Å². The van der Waals surface area contributed by atoms with Crippen LogP contribution in [0, 0.1) is 0 Å². The second kappa shape index (κ2) is 6.79. The lowest BCUT2D eigenvalue weighted by Crippen LogP contribution is -2.25. The van der Waals surface area contributed by atoms with E-state index >= 15 is 0 Å². The van der Waals surface area contributed by atoms with E-state index in [2.05, 4.69) is 10.3 Å². The van der Waals surface area contributed by atoms with E-state index in [-0.39, 0.29) is 12.5 Å². The van der Waals surface area contributed by atoms with Crippen LogP contribution in [0.4, 0.5) is 5.95 Å². The Bertz CT molecular complexity index is 1400. The van der Waals surface area contributed by atoms with Crippen LogP contribution in [0.15, 0.2) is 88.1 Å². The maximum Gasteiger partial charge on any atom is 0.420 e. The molecule has 2 heterocycles. The second-order valence-electron chi connectivity index (χ2n) is 6.57. The summed E-state index contributed by atoms with van der Waals surface area (Å²) in [5.41, 5.74) is 3.53. The number of oxazole rings is 1. The summed E-state index contributed by atoms with van der Waals surface area (Å²) in [7, 11) is 0. The summed E-state index contributed by atoms with van der Waals surface area (Å²) < 4.78 is 8.38. The highest BCUT2D eigenvalue weighted by Gasteiger charge is 2.17. The molecule has 0 unspecified atom stereocenters. The number of anilines is 1. The Kier molecular flexibility index (Phi) is 3.98. The number of nitrogens with one attached hydrogen (secondary N) is 1. The number of para-hydroxylation sites is 5. The third-order valence-electron chi connectivity index (χ3n) is 4.70. The highest BCUT2D eigenvalue weighted by molar-refractivity contribution is 5.93. The van der Waals surface area contributed by atoms with Gasteiger partial charge in [0.25, 0.3) is 0 Å². The van der Waals surface area contributed by atoms with Gasteiger partial charge in [0.15, 0.2) is 5.58 Å². The topological polar surface area (TPSA) is 82.1 Å². The normalized spacial score (nSPS) is 11.2. The molecule has 5 aromatic rings. The molecule has 3 aromatic carbocycles. The summed E-state index contributed by atoms with van der Waals surface area (Å²) >= 11 is 0. The number of carbonyl (C=O) groups excluding carboxylic acids is 1. The molecule has 7 nitrogen and oxygen atoms in total. The lowest BCUT2D eigenvalue weighted by Gasteiger charge is -2.10. The van der Waals surface area contributed by atoms with Crippen molar-refractivity contribution in [3.63, 3.8) is 0 Å². The smallest absolute Gasteiger partial charge is 0.408 e. The van der Waals surface area contributed by atoms with Crippen molar-refractivity contribution < 1.29 is 9.21 Å². The molecule has 0 spiro atoms. The molecule has 2 aromatic heterocycles. The molecule has 29 heavy (non-hydrogen) atoms. The zero-order valence-corrected chi connectivity index (χ0v) is 15.3. The number of hydrogen-bond donors (Lipinski definition) is 1. The first-order valence-electron chi connectivity index (χ1n) is 9.12. The Labute approximate surface area is 164 Å². The average Bonchev–Trinajstić information content (AvgIpc) is 3.25. The van der Waals surface area contributed by atoms with Crippen LogP contribution in [0.25, 0.3) is 27.8 Å². The van der Waals surface area contributed by atoms with Crippen LogP contribution in [-0.2, 0) is 11.3 Å². The maximum atomic E-state index is 12.8. The number of carbonyl (C=O) groups is 1. The van der Waals surface area contributed by atoms with Crippen LogP contribution in [0.5, 0.6) is 0 Å². The first-order valence-corrected chi connectivity index (χ1v) is 9.12. The van der Waals surface area contributed by atoms with Crippen molar-refractivity contribution in [2.24, 2.45) is 0 Å². The predicted molar refractivity (Wildman–Crippen MR) is 110 cm³/mol. The molecule has 0 aliphatic heterocycles. The fraction of sp³-hybridized carbons (Fsp3) is 0.0455. The van der Waals surface area contributed by atoms with E-state index in [4.69, 9.17) is 4.42 Å². The third-order valence-corrected chi connectivity index (χ3v) is 4.70. The Balaban J connectivity index is 1.53. The molecule has 0 bridgehead atoms. The SMILES string of the molecule is O=C(Cn1c(=O)oc2ccccc21)Nc1nc2ccccc2n1-c1ccccc1. The monoisotopic (exact) mass is 384 g/mol. The van der Waals surface area contributed by atoms with E-state index in [9.17, 15) is 9.59 Å². The van der Waals surface area contributed by atoms with Gasteiger partial charge in [-0.25, -0.2) is 9.78 Å². The number of fused-ring (bicyclic) bond motifs is 2. The summed E-state index contributed by atoms with van der Waals surface area (Å²) in [5.74, 6) is -0.549. The Morgan fingerprint density at radius 3 is 2.41 bits per heavy atom. The van der Waals surface area contributed by atoms with E-state index in [0.717, 1.165) is 16.7 Å². The van der Waals surface area contributed by atoms with Crippen LogP contribution in [-0.4, -0.2) is 20.0 Å². The van der Waals surface area contributed by atoms with Crippen molar-refractivity contribution in [3.8, 4) is 5.69 Å². The van der Waals surface area contributed by atoms with Crippen molar-refractivity contribution >= 4 is 34.0 Å². The quantitative estimate of drug-likeness (QED) is 0.514. The number of nitrogens with zero attached hydrogens (tertiary/aromatic N) is 3. The highest BCUT2D eigenvalue weighted by atomic mass is 16.4. The summed E-state index contributed by atoms with van der Waals surface area (Å²) in [5, 5.41) is 2.84. The number of amides is 1. The Hall–Kier alpha value is -4.13. The average molecular weight is 384 g/mol. The first-order chi connectivity index (χ1) is 14.2. The molecule has 0 saturated carbocycles.